The summed E-state index contributed by atoms with van der Waals surface area (Å²) in [5, 5.41) is 24.9. The van der Waals surface area contributed by atoms with Crippen LogP contribution < -0.4 is 0 Å². The monoisotopic (exact) mass is 422 g/mol. The Morgan fingerprint density at radius 3 is 1.61 bits per heavy atom. The lowest BCUT2D eigenvalue weighted by molar-refractivity contribution is 0.310. The molecular formula is C18H18N2O6S2. The Kier molecular flexibility index (Phi) is 5.26. The van der Waals surface area contributed by atoms with Gasteiger partial charge in [0.1, 0.15) is 11.4 Å². The molecule has 0 aliphatic heterocycles. The van der Waals surface area contributed by atoms with Crippen molar-refractivity contribution >= 4 is 31.1 Å². The maximum Gasteiger partial charge on any atom is 0.228 e. The van der Waals surface area contributed by atoms with Crippen LogP contribution in [0.4, 0.5) is 0 Å². The summed E-state index contributed by atoms with van der Waals surface area (Å²) in [6.07, 6.45) is -0.164. The zero-order valence-corrected chi connectivity index (χ0v) is 16.3. The fourth-order valence-corrected chi connectivity index (χ4v) is 8.60. The molecule has 0 aromatic heterocycles. The van der Waals surface area contributed by atoms with E-state index < -0.39 is 29.5 Å². The van der Waals surface area contributed by atoms with E-state index in [1.54, 1.807) is 12.1 Å². The third-order valence-corrected chi connectivity index (χ3v) is 10.4. The first-order chi connectivity index (χ1) is 13.3. The van der Waals surface area contributed by atoms with Crippen molar-refractivity contribution in [2.45, 2.75) is 33.1 Å². The molecule has 0 radical (unpaired) electrons. The largest absolute Gasteiger partial charge is 0.411 e. The molecule has 0 spiro atoms. The molecule has 0 amide bonds. The molecule has 0 bridgehead atoms. The van der Waals surface area contributed by atoms with E-state index in [1.165, 1.54) is 48.5 Å². The lowest BCUT2D eigenvalue weighted by Gasteiger charge is -2.36. The van der Waals surface area contributed by atoms with Crippen LogP contribution in [0, 0.1) is 0 Å². The summed E-state index contributed by atoms with van der Waals surface area (Å²) in [5.41, 5.74) is -0.971. The summed E-state index contributed by atoms with van der Waals surface area (Å²) in [5.74, 6) is 0. The highest BCUT2D eigenvalue weighted by Crippen LogP contribution is 2.43. The average molecular weight is 422 g/mol. The molecule has 1 aliphatic carbocycles. The average Bonchev–Trinajstić information content (AvgIpc) is 2.73. The first-order valence-electron chi connectivity index (χ1n) is 8.36. The molecule has 148 valence electrons. The van der Waals surface area contributed by atoms with Crippen LogP contribution >= 0.6 is 0 Å². The summed E-state index contributed by atoms with van der Waals surface area (Å²) in [4.78, 5) is -0.482. The van der Waals surface area contributed by atoms with E-state index in [-0.39, 0.29) is 34.8 Å². The maximum atomic E-state index is 13.7. The number of nitrogens with zero attached hydrogens (tertiary/aromatic N) is 2. The van der Waals surface area contributed by atoms with Crippen molar-refractivity contribution < 1.29 is 27.3 Å². The predicted octanol–water partition coefficient (Wildman–Crippen LogP) is 2.47. The number of hydrogen-bond donors (Lipinski definition) is 2. The van der Waals surface area contributed by atoms with E-state index >= 15 is 0 Å². The molecule has 8 nitrogen and oxygen atoms in total. The van der Waals surface area contributed by atoms with Crippen molar-refractivity contribution in [3.63, 3.8) is 0 Å². The Morgan fingerprint density at radius 1 is 0.750 bits per heavy atom. The second-order valence-corrected chi connectivity index (χ2v) is 10.8. The van der Waals surface area contributed by atoms with E-state index in [2.05, 4.69) is 10.3 Å². The molecule has 1 fully saturated rings. The fourth-order valence-electron chi connectivity index (χ4n) is 3.42. The summed E-state index contributed by atoms with van der Waals surface area (Å²) < 4.78 is 52.0. The highest BCUT2D eigenvalue weighted by atomic mass is 32.3. The van der Waals surface area contributed by atoms with Crippen LogP contribution in [0.15, 0.2) is 80.8 Å². The van der Waals surface area contributed by atoms with Gasteiger partial charge in [0.05, 0.1) is 9.79 Å². The van der Waals surface area contributed by atoms with E-state index in [1.807, 2.05) is 0 Å². The van der Waals surface area contributed by atoms with Gasteiger partial charge in [-0.3, -0.25) is 0 Å². The molecule has 0 heterocycles. The van der Waals surface area contributed by atoms with Gasteiger partial charge < -0.3 is 10.4 Å². The van der Waals surface area contributed by atoms with Gasteiger partial charge in [-0.25, -0.2) is 16.8 Å². The minimum absolute atomic E-state index is 0.0757. The van der Waals surface area contributed by atoms with E-state index in [9.17, 15) is 27.3 Å². The normalized spacial score (nSPS) is 20.3. The van der Waals surface area contributed by atoms with Gasteiger partial charge in [-0.1, -0.05) is 46.7 Å². The predicted molar refractivity (Wildman–Crippen MR) is 102 cm³/mol. The molecule has 10 heteroatoms. The van der Waals surface area contributed by atoms with Gasteiger partial charge in [0.15, 0.2) is 0 Å². The number of oxime groups is 2. The molecule has 2 aromatic rings. The highest BCUT2D eigenvalue weighted by Gasteiger charge is 2.62. The third kappa shape index (κ3) is 2.80. The third-order valence-electron chi connectivity index (χ3n) is 4.75. The smallest absolute Gasteiger partial charge is 0.228 e. The minimum atomic E-state index is -4.60. The van der Waals surface area contributed by atoms with Crippen LogP contribution in [-0.4, -0.2) is 42.8 Å². The first-order valence-corrected chi connectivity index (χ1v) is 11.3. The van der Waals surface area contributed by atoms with Gasteiger partial charge in [0.25, 0.3) is 0 Å². The fraction of sp³-hybridized carbons (Fsp3) is 0.222. The zero-order chi connectivity index (χ0) is 20.4. The SMILES string of the molecule is O=S(=O)(c1ccccc1)C1(S(=O)(=O)c2ccccc2)CCCC(=NO)C1=NO. The lowest BCUT2D eigenvalue weighted by Crippen LogP contribution is -2.57. The van der Waals surface area contributed by atoms with Crippen molar-refractivity contribution in [3.8, 4) is 0 Å². The van der Waals surface area contributed by atoms with E-state index in [4.69, 9.17) is 0 Å². The van der Waals surface area contributed by atoms with Crippen LogP contribution in [0.5, 0.6) is 0 Å². The van der Waals surface area contributed by atoms with Crippen molar-refractivity contribution in [2.24, 2.45) is 10.3 Å². The molecule has 1 saturated carbocycles. The molecule has 1 aliphatic rings. The highest BCUT2D eigenvalue weighted by molar-refractivity contribution is 8.11. The topological polar surface area (TPSA) is 133 Å². The van der Waals surface area contributed by atoms with Gasteiger partial charge in [-0.2, -0.15) is 0 Å². The summed E-state index contributed by atoms with van der Waals surface area (Å²) in [7, 11) is -9.21. The Labute approximate surface area is 162 Å². The Bertz CT molecular complexity index is 1060. The van der Waals surface area contributed by atoms with Gasteiger partial charge >= 0.3 is 0 Å². The number of hydrogen-bond acceptors (Lipinski definition) is 8. The second kappa shape index (κ2) is 7.36. The van der Waals surface area contributed by atoms with Crippen molar-refractivity contribution in [3.05, 3.63) is 60.7 Å². The first kappa shape index (κ1) is 20.0. The minimum Gasteiger partial charge on any atom is -0.411 e. The molecule has 0 saturated heterocycles. The Hall–Kier alpha value is -2.72. The number of rotatable bonds is 4. The van der Waals surface area contributed by atoms with Gasteiger partial charge in [-0.15, -0.1) is 0 Å². The molecule has 2 aromatic carbocycles. The standard InChI is InChI=1S/C18H18N2O6S2/c21-19-16-12-7-13-18(17(16)20-22,27(23,24)14-8-3-1-4-9-14)28(25,26)15-10-5-2-6-11-15/h1-6,8-11,21-22H,7,12-13H2. The molecule has 2 N–H and O–H groups in total. The van der Waals surface area contributed by atoms with Crippen molar-refractivity contribution in [2.75, 3.05) is 0 Å². The van der Waals surface area contributed by atoms with Crippen LogP contribution in [-0.2, 0) is 19.7 Å². The Morgan fingerprint density at radius 2 is 1.21 bits per heavy atom. The maximum absolute atomic E-state index is 13.7. The van der Waals surface area contributed by atoms with Gasteiger partial charge in [0.2, 0.25) is 23.8 Å². The van der Waals surface area contributed by atoms with Crippen LogP contribution in [0.25, 0.3) is 0 Å². The molecule has 3 rings (SSSR count). The van der Waals surface area contributed by atoms with E-state index in [0.29, 0.717) is 0 Å². The van der Waals surface area contributed by atoms with E-state index in [0.717, 1.165) is 0 Å². The zero-order valence-electron chi connectivity index (χ0n) is 14.6. The summed E-state index contributed by atoms with van der Waals surface area (Å²) in [6.45, 7) is 0. The van der Waals surface area contributed by atoms with Crippen LogP contribution in [0.2, 0.25) is 0 Å². The molecule has 0 atom stereocenters. The molecular weight excluding hydrogens is 404 g/mol. The number of sulfone groups is 2. The van der Waals surface area contributed by atoms with Gasteiger partial charge in [0, 0.05) is 0 Å². The summed E-state index contributed by atoms with van der Waals surface area (Å²) in [6, 6.07) is 14.2. The number of benzene rings is 2. The lowest BCUT2D eigenvalue weighted by atomic mass is 9.95. The van der Waals surface area contributed by atoms with Crippen molar-refractivity contribution in [1.29, 1.82) is 0 Å². The van der Waals surface area contributed by atoms with Gasteiger partial charge in [-0.05, 0) is 43.5 Å². The Balaban J connectivity index is 2.43. The van der Waals surface area contributed by atoms with Crippen molar-refractivity contribution in [1.82, 2.24) is 0 Å². The van der Waals surface area contributed by atoms with Crippen LogP contribution in [0.1, 0.15) is 19.3 Å². The quantitative estimate of drug-likeness (QED) is 0.574. The van der Waals surface area contributed by atoms with Crippen LogP contribution in [0.3, 0.4) is 0 Å². The molecule has 0 unspecified atom stereocenters. The second-order valence-electron chi connectivity index (χ2n) is 6.23. The molecule has 28 heavy (non-hydrogen) atoms. The summed E-state index contributed by atoms with van der Waals surface area (Å²) >= 11 is 0.